The van der Waals surface area contributed by atoms with Crippen LogP contribution in [0.5, 0.6) is 0 Å². The Hall–Kier alpha value is -1.55. The van der Waals surface area contributed by atoms with Gasteiger partial charge in [0.25, 0.3) is 0 Å². The standard InChI is InChI=1S/C10H9ClN2O2/c1-6-3-2-4-7-10(11)12-8(13(6)7)5-9(14)15/h2-4H,5H2,1H3,(H,14,15). The van der Waals surface area contributed by atoms with Crippen LogP contribution in [0.3, 0.4) is 0 Å². The maximum absolute atomic E-state index is 10.6. The van der Waals surface area contributed by atoms with Gasteiger partial charge in [-0.25, -0.2) is 4.98 Å². The lowest BCUT2D eigenvalue weighted by molar-refractivity contribution is -0.136. The molecule has 0 fully saturated rings. The SMILES string of the molecule is Cc1cccc2c(Cl)nc(CC(=O)O)n12. The molecule has 1 N–H and O–H groups in total. The molecule has 0 saturated carbocycles. The lowest BCUT2D eigenvalue weighted by Crippen LogP contribution is -2.06. The van der Waals surface area contributed by atoms with E-state index in [2.05, 4.69) is 4.98 Å². The van der Waals surface area contributed by atoms with Gasteiger partial charge in [0, 0.05) is 5.69 Å². The van der Waals surface area contributed by atoms with Crippen LogP contribution in [0.15, 0.2) is 18.2 Å². The van der Waals surface area contributed by atoms with Crippen LogP contribution in [-0.4, -0.2) is 20.5 Å². The van der Waals surface area contributed by atoms with Crippen LogP contribution in [-0.2, 0) is 11.2 Å². The highest BCUT2D eigenvalue weighted by Gasteiger charge is 2.12. The lowest BCUT2D eigenvalue weighted by atomic mass is 10.3. The summed E-state index contributed by atoms with van der Waals surface area (Å²) in [6.45, 7) is 1.89. The first-order valence-corrected chi connectivity index (χ1v) is 4.81. The van der Waals surface area contributed by atoms with Gasteiger partial charge < -0.3 is 5.11 Å². The van der Waals surface area contributed by atoms with Crippen molar-refractivity contribution in [1.29, 1.82) is 0 Å². The first kappa shape index (κ1) is 9.98. The molecule has 0 atom stereocenters. The Kier molecular flexibility index (Phi) is 2.36. The van der Waals surface area contributed by atoms with Crippen molar-refractivity contribution >= 4 is 23.1 Å². The molecule has 5 heteroatoms. The third-order valence-electron chi connectivity index (χ3n) is 2.19. The predicted molar refractivity (Wildman–Crippen MR) is 56.3 cm³/mol. The number of halogens is 1. The minimum absolute atomic E-state index is 0.126. The molecule has 0 aliphatic heterocycles. The molecule has 0 aromatic carbocycles. The van der Waals surface area contributed by atoms with E-state index >= 15 is 0 Å². The van der Waals surface area contributed by atoms with Crippen molar-refractivity contribution in [3.05, 3.63) is 34.9 Å². The van der Waals surface area contributed by atoms with E-state index in [-0.39, 0.29) is 6.42 Å². The monoisotopic (exact) mass is 224 g/mol. The number of nitrogens with zero attached hydrogens (tertiary/aromatic N) is 2. The summed E-state index contributed by atoms with van der Waals surface area (Å²) >= 11 is 5.91. The number of hydrogen-bond acceptors (Lipinski definition) is 2. The van der Waals surface area contributed by atoms with Gasteiger partial charge in [-0.2, -0.15) is 0 Å². The molecular weight excluding hydrogens is 216 g/mol. The van der Waals surface area contributed by atoms with Crippen molar-refractivity contribution in [2.75, 3.05) is 0 Å². The van der Waals surface area contributed by atoms with E-state index in [9.17, 15) is 4.79 Å². The molecule has 0 radical (unpaired) electrons. The zero-order chi connectivity index (χ0) is 11.0. The Morgan fingerprint density at radius 3 is 3.00 bits per heavy atom. The van der Waals surface area contributed by atoms with Crippen LogP contribution < -0.4 is 0 Å². The summed E-state index contributed by atoms with van der Waals surface area (Å²) in [7, 11) is 0. The molecule has 0 bridgehead atoms. The summed E-state index contributed by atoms with van der Waals surface area (Å²) < 4.78 is 1.76. The number of aliphatic carboxylic acids is 1. The van der Waals surface area contributed by atoms with Crippen molar-refractivity contribution in [2.24, 2.45) is 0 Å². The number of fused-ring (bicyclic) bond motifs is 1. The molecule has 0 aliphatic carbocycles. The van der Waals surface area contributed by atoms with Crippen molar-refractivity contribution < 1.29 is 9.90 Å². The van der Waals surface area contributed by atoms with Crippen molar-refractivity contribution in [3.63, 3.8) is 0 Å². The summed E-state index contributed by atoms with van der Waals surface area (Å²) in [5.41, 5.74) is 1.66. The van der Waals surface area contributed by atoms with Gasteiger partial charge in [0.15, 0.2) is 5.15 Å². The van der Waals surface area contributed by atoms with Crippen LogP contribution in [0.25, 0.3) is 5.52 Å². The van der Waals surface area contributed by atoms with E-state index in [0.29, 0.717) is 11.0 Å². The fourth-order valence-corrected chi connectivity index (χ4v) is 1.84. The van der Waals surface area contributed by atoms with Gasteiger partial charge in [0.1, 0.15) is 12.2 Å². The molecular formula is C10H9ClN2O2. The van der Waals surface area contributed by atoms with E-state index < -0.39 is 5.97 Å². The lowest BCUT2D eigenvalue weighted by Gasteiger charge is -2.02. The van der Waals surface area contributed by atoms with Gasteiger partial charge in [0.2, 0.25) is 0 Å². The average Bonchev–Trinajstić information content (AvgIpc) is 2.44. The van der Waals surface area contributed by atoms with Gasteiger partial charge in [0.05, 0.1) is 5.52 Å². The van der Waals surface area contributed by atoms with Gasteiger partial charge >= 0.3 is 5.97 Å². The average molecular weight is 225 g/mol. The fraction of sp³-hybridized carbons (Fsp3) is 0.200. The molecule has 78 valence electrons. The highest BCUT2D eigenvalue weighted by atomic mass is 35.5. The van der Waals surface area contributed by atoms with Gasteiger partial charge in [-0.3, -0.25) is 9.20 Å². The number of carboxylic acid groups (broad SMARTS) is 1. The first-order chi connectivity index (χ1) is 7.09. The highest BCUT2D eigenvalue weighted by molar-refractivity contribution is 6.32. The second kappa shape index (κ2) is 3.55. The Labute approximate surface area is 91.1 Å². The summed E-state index contributed by atoms with van der Waals surface area (Å²) in [6, 6.07) is 5.56. The number of hydrogen-bond donors (Lipinski definition) is 1. The van der Waals surface area contributed by atoms with Gasteiger partial charge in [-0.15, -0.1) is 0 Å². The Balaban J connectivity index is 2.70. The molecule has 2 aromatic rings. The van der Waals surface area contributed by atoms with Crippen molar-refractivity contribution in [2.45, 2.75) is 13.3 Å². The zero-order valence-corrected chi connectivity index (χ0v) is 8.82. The quantitative estimate of drug-likeness (QED) is 0.848. The number of pyridine rings is 1. The Bertz CT molecular complexity index is 533. The van der Waals surface area contributed by atoms with E-state index in [1.807, 2.05) is 25.1 Å². The third-order valence-corrected chi connectivity index (χ3v) is 2.47. The molecule has 4 nitrogen and oxygen atoms in total. The molecule has 0 amide bonds. The fourth-order valence-electron chi connectivity index (χ4n) is 1.60. The third kappa shape index (κ3) is 1.68. The first-order valence-electron chi connectivity index (χ1n) is 4.44. The minimum atomic E-state index is -0.915. The highest BCUT2D eigenvalue weighted by Crippen LogP contribution is 2.20. The number of carbonyl (C=O) groups is 1. The van der Waals surface area contributed by atoms with E-state index in [1.165, 1.54) is 0 Å². The second-order valence-electron chi connectivity index (χ2n) is 3.28. The van der Waals surface area contributed by atoms with Crippen LogP contribution in [0, 0.1) is 6.92 Å². The zero-order valence-electron chi connectivity index (χ0n) is 8.07. The Morgan fingerprint density at radius 1 is 1.60 bits per heavy atom. The number of aryl methyl sites for hydroxylation is 1. The van der Waals surface area contributed by atoms with Crippen molar-refractivity contribution in [1.82, 2.24) is 9.38 Å². The maximum Gasteiger partial charge on any atom is 0.311 e. The van der Waals surface area contributed by atoms with Crippen LogP contribution in [0.2, 0.25) is 5.15 Å². The largest absolute Gasteiger partial charge is 0.481 e. The molecule has 0 saturated heterocycles. The summed E-state index contributed by atoms with van der Waals surface area (Å²) in [4.78, 5) is 14.7. The van der Waals surface area contributed by atoms with E-state index in [0.717, 1.165) is 11.2 Å². The molecule has 0 aliphatic rings. The molecule has 0 unspecified atom stereocenters. The van der Waals surface area contributed by atoms with Gasteiger partial charge in [-0.1, -0.05) is 17.7 Å². The molecule has 2 rings (SSSR count). The minimum Gasteiger partial charge on any atom is -0.481 e. The van der Waals surface area contributed by atoms with Crippen molar-refractivity contribution in [3.8, 4) is 0 Å². The van der Waals surface area contributed by atoms with Gasteiger partial charge in [-0.05, 0) is 19.1 Å². The normalized spacial score (nSPS) is 10.8. The number of rotatable bonds is 2. The molecule has 2 aromatic heterocycles. The number of imidazole rings is 1. The maximum atomic E-state index is 10.6. The van der Waals surface area contributed by atoms with E-state index in [1.54, 1.807) is 4.40 Å². The molecule has 0 spiro atoms. The Morgan fingerprint density at radius 2 is 2.33 bits per heavy atom. The number of carboxylic acids is 1. The summed E-state index contributed by atoms with van der Waals surface area (Å²) in [5.74, 6) is -0.456. The number of aromatic nitrogens is 2. The topological polar surface area (TPSA) is 54.6 Å². The van der Waals surface area contributed by atoms with Crippen LogP contribution >= 0.6 is 11.6 Å². The smallest absolute Gasteiger partial charge is 0.311 e. The summed E-state index contributed by atoms with van der Waals surface area (Å²) in [6.07, 6.45) is -0.126. The van der Waals surface area contributed by atoms with Crippen LogP contribution in [0.4, 0.5) is 0 Å². The molecule has 15 heavy (non-hydrogen) atoms. The van der Waals surface area contributed by atoms with E-state index in [4.69, 9.17) is 16.7 Å². The summed E-state index contributed by atoms with van der Waals surface area (Å²) in [5, 5.41) is 9.07. The van der Waals surface area contributed by atoms with Crippen LogP contribution in [0.1, 0.15) is 11.5 Å². The molecule has 2 heterocycles. The second-order valence-corrected chi connectivity index (χ2v) is 3.64. The predicted octanol–water partition coefficient (Wildman–Crippen LogP) is 1.92.